The van der Waals surface area contributed by atoms with E-state index in [-0.39, 0.29) is 17.3 Å². The van der Waals surface area contributed by atoms with Gasteiger partial charge in [-0.15, -0.1) is 5.10 Å². The summed E-state index contributed by atoms with van der Waals surface area (Å²) in [6.07, 6.45) is -4.80. The SMILES string of the molecule is Cc1cc(Nc2ccc(F)c(F)c2F)n2nc(C(F)(F)F)nc2n1. The number of nitrogens with zero attached hydrogens (tertiary/aromatic N) is 4. The van der Waals surface area contributed by atoms with Crippen LogP contribution in [-0.4, -0.2) is 19.6 Å². The van der Waals surface area contributed by atoms with Gasteiger partial charge in [0, 0.05) is 11.8 Å². The summed E-state index contributed by atoms with van der Waals surface area (Å²) in [5.41, 5.74) is -0.223. The summed E-state index contributed by atoms with van der Waals surface area (Å²) in [5, 5.41) is 5.62. The fourth-order valence-corrected chi connectivity index (χ4v) is 1.96. The quantitative estimate of drug-likeness (QED) is 0.568. The van der Waals surface area contributed by atoms with E-state index in [0.717, 1.165) is 6.07 Å². The molecule has 0 fully saturated rings. The summed E-state index contributed by atoms with van der Waals surface area (Å²) < 4.78 is 78.7. The molecule has 0 bridgehead atoms. The van der Waals surface area contributed by atoms with Gasteiger partial charge in [-0.25, -0.2) is 18.2 Å². The lowest BCUT2D eigenvalue weighted by Gasteiger charge is -2.10. The first-order valence-electron chi connectivity index (χ1n) is 6.39. The largest absolute Gasteiger partial charge is 0.453 e. The van der Waals surface area contributed by atoms with Crippen LogP contribution in [0.4, 0.5) is 37.8 Å². The molecule has 0 saturated carbocycles. The third-order valence-electron chi connectivity index (χ3n) is 2.99. The second kappa shape index (κ2) is 5.35. The number of fused-ring (bicyclic) bond motifs is 1. The molecule has 11 heteroatoms. The zero-order chi connectivity index (χ0) is 17.6. The number of benzene rings is 1. The van der Waals surface area contributed by atoms with E-state index in [1.807, 2.05) is 0 Å². The minimum absolute atomic E-state index is 0.148. The van der Waals surface area contributed by atoms with Crippen molar-refractivity contribution in [3.8, 4) is 0 Å². The van der Waals surface area contributed by atoms with Crippen molar-refractivity contribution in [1.82, 2.24) is 19.6 Å². The first-order valence-corrected chi connectivity index (χ1v) is 6.39. The molecule has 24 heavy (non-hydrogen) atoms. The monoisotopic (exact) mass is 347 g/mol. The molecule has 0 aliphatic heterocycles. The molecule has 0 aliphatic rings. The molecule has 126 valence electrons. The molecule has 0 radical (unpaired) electrons. The number of aromatic nitrogens is 4. The molecule has 5 nitrogen and oxygen atoms in total. The second-order valence-electron chi connectivity index (χ2n) is 4.78. The number of nitrogens with one attached hydrogen (secondary N) is 1. The maximum Gasteiger partial charge on any atom is 0.453 e. The molecular formula is C13H7F6N5. The molecular weight excluding hydrogens is 340 g/mol. The van der Waals surface area contributed by atoms with Crippen LogP contribution in [-0.2, 0) is 6.18 Å². The van der Waals surface area contributed by atoms with E-state index in [2.05, 4.69) is 20.4 Å². The summed E-state index contributed by atoms with van der Waals surface area (Å²) in [5.74, 6) is -6.59. The summed E-state index contributed by atoms with van der Waals surface area (Å²) >= 11 is 0. The van der Waals surface area contributed by atoms with E-state index in [9.17, 15) is 26.3 Å². The van der Waals surface area contributed by atoms with Crippen molar-refractivity contribution in [1.29, 1.82) is 0 Å². The number of hydrogen-bond donors (Lipinski definition) is 1. The first-order chi connectivity index (χ1) is 11.2. The fourth-order valence-electron chi connectivity index (χ4n) is 1.96. The third-order valence-corrected chi connectivity index (χ3v) is 2.99. The maximum absolute atomic E-state index is 13.7. The molecule has 0 unspecified atom stereocenters. The topological polar surface area (TPSA) is 55.1 Å². The Bertz CT molecular complexity index is 933. The molecule has 0 spiro atoms. The normalized spacial score (nSPS) is 12.0. The van der Waals surface area contributed by atoms with Gasteiger partial charge in [-0.2, -0.15) is 22.7 Å². The van der Waals surface area contributed by atoms with E-state index in [0.29, 0.717) is 10.6 Å². The number of rotatable bonds is 2. The van der Waals surface area contributed by atoms with Gasteiger partial charge in [0.25, 0.3) is 11.6 Å². The molecule has 0 aliphatic carbocycles. The number of aryl methyl sites for hydroxylation is 1. The Morgan fingerprint density at radius 2 is 1.75 bits per heavy atom. The highest BCUT2D eigenvalue weighted by Crippen LogP contribution is 2.28. The van der Waals surface area contributed by atoms with Gasteiger partial charge in [0.2, 0.25) is 0 Å². The molecule has 1 aromatic carbocycles. The predicted molar refractivity (Wildman–Crippen MR) is 70.1 cm³/mol. The average molecular weight is 347 g/mol. The molecule has 0 atom stereocenters. The predicted octanol–water partition coefficient (Wildman–Crippen LogP) is 3.61. The van der Waals surface area contributed by atoms with E-state index in [4.69, 9.17) is 0 Å². The van der Waals surface area contributed by atoms with Gasteiger partial charge in [-0.05, 0) is 19.1 Å². The van der Waals surface area contributed by atoms with Gasteiger partial charge < -0.3 is 5.32 Å². The standard InChI is InChI=1S/C13H7F6N5/c1-5-4-8(21-7-3-2-6(14)9(15)10(7)16)24-12(20-5)22-11(23-24)13(17,18)19/h2-4,21H,1H3. The van der Waals surface area contributed by atoms with Gasteiger partial charge >= 0.3 is 6.18 Å². The van der Waals surface area contributed by atoms with Crippen molar-refractivity contribution in [2.75, 3.05) is 5.32 Å². The number of halogens is 6. The zero-order valence-electron chi connectivity index (χ0n) is 11.8. The van der Waals surface area contributed by atoms with Crippen LogP contribution in [0.15, 0.2) is 18.2 Å². The summed E-state index contributed by atoms with van der Waals surface area (Å²) in [6, 6.07) is 2.83. The first kappa shape index (κ1) is 16.0. The lowest BCUT2D eigenvalue weighted by molar-refractivity contribution is -0.144. The summed E-state index contributed by atoms with van der Waals surface area (Å²) in [7, 11) is 0. The zero-order valence-corrected chi connectivity index (χ0v) is 11.8. The van der Waals surface area contributed by atoms with Crippen molar-refractivity contribution >= 4 is 17.3 Å². The Morgan fingerprint density at radius 3 is 2.42 bits per heavy atom. The Balaban J connectivity index is 2.13. The van der Waals surface area contributed by atoms with Crippen molar-refractivity contribution in [2.45, 2.75) is 13.1 Å². The van der Waals surface area contributed by atoms with Crippen molar-refractivity contribution in [3.63, 3.8) is 0 Å². The Labute approximate surface area is 130 Å². The number of alkyl halides is 3. The van der Waals surface area contributed by atoms with Crippen molar-refractivity contribution < 1.29 is 26.3 Å². The number of anilines is 2. The Morgan fingerprint density at radius 1 is 1.04 bits per heavy atom. The molecule has 3 rings (SSSR count). The fraction of sp³-hybridized carbons (Fsp3) is 0.154. The van der Waals surface area contributed by atoms with Crippen LogP contribution in [0.25, 0.3) is 5.78 Å². The molecule has 0 amide bonds. The van der Waals surface area contributed by atoms with Crippen LogP contribution >= 0.6 is 0 Å². The second-order valence-corrected chi connectivity index (χ2v) is 4.78. The molecule has 2 heterocycles. The lowest BCUT2D eigenvalue weighted by atomic mass is 10.2. The van der Waals surface area contributed by atoms with E-state index in [1.54, 1.807) is 0 Å². The van der Waals surface area contributed by atoms with E-state index in [1.165, 1.54) is 13.0 Å². The minimum Gasteiger partial charge on any atom is -0.338 e. The lowest BCUT2D eigenvalue weighted by Crippen LogP contribution is -2.08. The summed E-state index contributed by atoms with van der Waals surface area (Å²) in [6.45, 7) is 1.47. The smallest absolute Gasteiger partial charge is 0.338 e. The van der Waals surface area contributed by atoms with Gasteiger partial charge in [-0.3, -0.25) is 0 Å². The molecule has 2 aromatic heterocycles. The highest BCUT2D eigenvalue weighted by atomic mass is 19.4. The van der Waals surface area contributed by atoms with Crippen LogP contribution in [0.1, 0.15) is 11.5 Å². The minimum atomic E-state index is -4.80. The van der Waals surface area contributed by atoms with Crippen molar-refractivity contribution in [3.05, 3.63) is 47.2 Å². The van der Waals surface area contributed by atoms with Gasteiger partial charge in [-0.1, -0.05) is 0 Å². The van der Waals surface area contributed by atoms with Gasteiger partial charge in [0.1, 0.15) is 5.82 Å². The van der Waals surface area contributed by atoms with Crippen LogP contribution in [0.2, 0.25) is 0 Å². The van der Waals surface area contributed by atoms with Crippen LogP contribution in [0.5, 0.6) is 0 Å². The van der Waals surface area contributed by atoms with Gasteiger partial charge in [0.15, 0.2) is 17.5 Å². The maximum atomic E-state index is 13.7. The third kappa shape index (κ3) is 2.72. The van der Waals surface area contributed by atoms with E-state index < -0.39 is 35.1 Å². The number of hydrogen-bond acceptors (Lipinski definition) is 4. The Hall–Kier alpha value is -2.85. The van der Waals surface area contributed by atoms with Gasteiger partial charge in [0.05, 0.1) is 5.69 Å². The highest BCUT2D eigenvalue weighted by Gasteiger charge is 2.36. The van der Waals surface area contributed by atoms with Crippen LogP contribution in [0, 0.1) is 24.4 Å². The van der Waals surface area contributed by atoms with Crippen molar-refractivity contribution in [2.24, 2.45) is 0 Å². The summed E-state index contributed by atoms with van der Waals surface area (Å²) in [4.78, 5) is 7.04. The van der Waals surface area contributed by atoms with E-state index >= 15 is 0 Å². The average Bonchev–Trinajstić information content (AvgIpc) is 2.92. The van der Waals surface area contributed by atoms with Crippen LogP contribution in [0.3, 0.4) is 0 Å². The Kier molecular flexibility index (Phi) is 3.57. The molecule has 1 N–H and O–H groups in total. The molecule has 3 aromatic rings. The van der Waals surface area contributed by atoms with Crippen LogP contribution < -0.4 is 5.32 Å². The molecule has 0 saturated heterocycles. The highest BCUT2D eigenvalue weighted by molar-refractivity contribution is 5.59.